The van der Waals surface area contributed by atoms with Crippen LogP contribution in [0.4, 0.5) is 0 Å². The van der Waals surface area contributed by atoms with E-state index >= 15 is 0 Å². The first-order valence-electron chi connectivity index (χ1n) is 8.35. The van der Waals surface area contributed by atoms with Crippen molar-refractivity contribution in [2.75, 3.05) is 0 Å². The summed E-state index contributed by atoms with van der Waals surface area (Å²) >= 11 is 0. The topological polar surface area (TPSA) is 17.1 Å². The van der Waals surface area contributed by atoms with E-state index in [-0.39, 0.29) is 5.92 Å². The summed E-state index contributed by atoms with van der Waals surface area (Å²) in [7, 11) is 0. The average Bonchev–Trinajstić information content (AvgIpc) is 2.36. The second kappa shape index (κ2) is 8.36. The average molecular weight is 288 g/mol. The third-order valence-electron chi connectivity index (χ3n) is 4.51. The molecule has 1 rings (SSSR count). The predicted molar refractivity (Wildman–Crippen MR) is 92.2 cm³/mol. The van der Waals surface area contributed by atoms with Crippen molar-refractivity contribution in [2.24, 2.45) is 17.8 Å². The highest BCUT2D eigenvalue weighted by Gasteiger charge is 2.21. The van der Waals surface area contributed by atoms with Crippen molar-refractivity contribution < 1.29 is 4.79 Å². The zero-order valence-corrected chi connectivity index (χ0v) is 14.5. The van der Waals surface area contributed by atoms with E-state index in [9.17, 15) is 4.79 Å². The Kier molecular flexibility index (Phi) is 7.14. The van der Waals surface area contributed by atoms with Crippen molar-refractivity contribution >= 4 is 5.78 Å². The highest BCUT2D eigenvalue weighted by atomic mass is 16.1. The second-order valence-corrected chi connectivity index (χ2v) is 7.12. The molecule has 0 saturated heterocycles. The normalized spacial score (nSPS) is 30.7. The Bertz CT molecular complexity index is 437. The van der Waals surface area contributed by atoms with E-state index in [4.69, 9.17) is 0 Å². The Hall–Kier alpha value is -1.11. The van der Waals surface area contributed by atoms with Crippen molar-refractivity contribution in [3.05, 3.63) is 35.5 Å². The Morgan fingerprint density at radius 2 is 2.00 bits per heavy atom. The van der Waals surface area contributed by atoms with E-state index in [1.807, 2.05) is 6.92 Å². The van der Waals surface area contributed by atoms with E-state index in [1.165, 1.54) is 11.1 Å². The third kappa shape index (κ3) is 6.03. The van der Waals surface area contributed by atoms with E-state index in [2.05, 4.69) is 46.4 Å². The number of allylic oxidation sites excluding steroid dienone is 5. The van der Waals surface area contributed by atoms with E-state index in [1.54, 1.807) is 0 Å². The minimum atomic E-state index is -0.0893. The maximum absolute atomic E-state index is 12.6. The van der Waals surface area contributed by atoms with Gasteiger partial charge in [-0.25, -0.2) is 0 Å². The summed E-state index contributed by atoms with van der Waals surface area (Å²) in [4.78, 5) is 12.6. The Morgan fingerprint density at radius 3 is 2.57 bits per heavy atom. The minimum absolute atomic E-state index is 0.0893. The van der Waals surface area contributed by atoms with E-state index < -0.39 is 0 Å². The van der Waals surface area contributed by atoms with Crippen LogP contribution >= 0.6 is 0 Å². The zero-order chi connectivity index (χ0) is 16.0. The molecule has 0 bridgehead atoms. The van der Waals surface area contributed by atoms with Crippen LogP contribution in [0, 0.1) is 17.8 Å². The van der Waals surface area contributed by atoms with Crippen molar-refractivity contribution in [2.45, 2.75) is 66.7 Å². The third-order valence-corrected chi connectivity index (χ3v) is 4.51. The fourth-order valence-corrected chi connectivity index (χ4v) is 2.92. The van der Waals surface area contributed by atoms with Gasteiger partial charge in [-0.1, -0.05) is 56.2 Å². The maximum atomic E-state index is 12.6. The fraction of sp³-hybridized carbons (Fsp3) is 0.650. The maximum Gasteiger partial charge on any atom is 0.144 e. The Morgan fingerprint density at radius 1 is 1.33 bits per heavy atom. The molecule has 0 aromatic carbocycles. The summed E-state index contributed by atoms with van der Waals surface area (Å²) in [6, 6.07) is 0. The SMILES string of the molecule is C=C(C)[C@H]1/C=C(/C(C)C)CC/C(C)=C/CC[C@H](C)CC1=O. The molecule has 0 saturated carbocycles. The molecule has 1 aliphatic rings. The largest absolute Gasteiger partial charge is 0.299 e. The molecule has 0 amide bonds. The van der Waals surface area contributed by atoms with Gasteiger partial charge in [0.2, 0.25) is 0 Å². The second-order valence-electron chi connectivity index (χ2n) is 7.12. The first kappa shape index (κ1) is 17.9. The number of rotatable bonds is 2. The van der Waals surface area contributed by atoms with Crippen LogP contribution in [0.5, 0.6) is 0 Å². The summed E-state index contributed by atoms with van der Waals surface area (Å²) in [5.41, 5.74) is 3.86. The van der Waals surface area contributed by atoms with Crippen LogP contribution in [-0.4, -0.2) is 5.78 Å². The lowest BCUT2D eigenvalue weighted by Gasteiger charge is -2.20. The monoisotopic (exact) mass is 288 g/mol. The van der Waals surface area contributed by atoms with Crippen LogP contribution in [0.15, 0.2) is 35.5 Å². The van der Waals surface area contributed by atoms with Crippen LogP contribution in [0.2, 0.25) is 0 Å². The first-order chi connectivity index (χ1) is 9.81. The number of hydrogen-bond acceptors (Lipinski definition) is 1. The molecular weight excluding hydrogens is 256 g/mol. The Labute approximate surface area is 131 Å². The molecule has 0 unspecified atom stereocenters. The van der Waals surface area contributed by atoms with Gasteiger partial charge in [0.05, 0.1) is 5.92 Å². The minimum Gasteiger partial charge on any atom is -0.299 e. The summed E-state index contributed by atoms with van der Waals surface area (Å²) < 4.78 is 0. The predicted octanol–water partition coefficient (Wildman–Crippen LogP) is 5.88. The van der Waals surface area contributed by atoms with E-state index in [0.29, 0.717) is 24.0 Å². The van der Waals surface area contributed by atoms with Gasteiger partial charge in [-0.3, -0.25) is 4.79 Å². The molecule has 0 N–H and O–H groups in total. The van der Waals surface area contributed by atoms with Gasteiger partial charge in [-0.15, -0.1) is 0 Å². The highest BCUT2D eigenvalue weighted by molar-refractivity contribution is 5.85. The van der Waals surface area contributed by atoms with Crippen LogP contribution in [0.3, 0.4) is 0 Å². The number of hydrogen-bond donors (Lipinski definition) is 0. The lowest BCUT2D eigenvalue weighted by Crippen LogP contribution is -2.18. The van der Waals surface area contributed by atoms with Crippen molar-refractivity contribution in [3.63, 3.8) is 0 Å². The molecule has 21 heavy (non-hydrogen) atoms. The molecule has 0 spiro atoms. The molecule has 0 aromatic heterocycles. The zero-order valence-electron chi connectivity index (χ0n) is 14.5. The van der Waals surface area contributed by atoms with Crippen LogP contribution in [0.25, 0.3) is 0 Å². The van der Waals surface area contributed by atoms with Gasteiger partial charge in [0.25, 0.3) is 0 Å². The quantitative estimate of drug-likeness (QED) is 0.580. The number of carbonyl (C=O) groups excluding carboxylic acids is 1. The molecule has 118 valence electrons. The summed E-state index contributed by atoms with van der Waals surface area (Å²) in [5, 5.41) is 0. The summed E-state index contributed by atoms with van der Waals surface area (Å²) in [6.07, 6.45) is 9.60. The van der Waals surface area contributed by atoms with Gasteiger partial charge >= 0.3 is 0 Å². The van der Waals surface area contributed by atoms with Gasteiger partial charge in [-0.2, -0.15) is 0 Å². The fourth-order valence-electron chi connectivity index (χ4n) is 2.92. The van der Waals surface area contributed by atoms with Gasteiger partial charge in [-0.05, 0) is 51.4 Å². The van der Waals surface area contributed by atoms with Gasteiger partial charge < -0.3 is 0 Å². The lowest BCUT2D eigenvalue weighted by molar-refractivity contribution is -0.121. The summed E-state index contributed by atoms with van der Waals surface area (Å²) in [6.45, 7) is 14.9. The smallest absolute Gasteiger partial charge is 0.144 e. The Balaban J connectivity index is 3.08. The summed E-state index contributed by atoms with van der Waals surface area (Å²) in [5.74, 6) is 1.20. The standard InChI is InChI=1S/C20H32O/c1-14(2)18-11-10-16(5)8-7-9-17(6)12-20(21)19(13-18)15(3)4/h8,13-14,17,19H,3,7,9-12H2,1-2,4-6H3/b16-8+,18-13+/t17-,19+/m0/s1. The van der Waals surface area contributed by atoms with E-state index in [0.717, 1.165) is 31.3 Å². The van der Waals surface area contributed by atoms with Gasteiger partial charge in [0.1, 0.15) is 5.78 Å². The lowest BCUT2D eigenvalue weighted by atomic mass is 9.84. The molecule has 2 atom stereocenters. The first-order valence-corrected chi connectivity index (χ1v) is 8.35. The van der Waals surface area contributed by atoms with Crippen molar-refractivity contribution in [1.82, 2.24) is 0 Å². The van der Waals surface area contributed by atoms with Gasteiger partial charge in [0, 0.05) is 6.42 Å². The van der Waals surface area contributed by atoms with Crippen LogP contribution < -0.4 is 0 Å². The van der Waals surface area contributed by atoms with Crippen molar-refractivity contribution in [3.8, 4) is 0 Å². The molecule has 1 heteroatoms. The number of Topliss-reactive ketones (excluding diaryl/α,β-unsaturated/α-hetero) is 1. The molecular formula is C20H32O. The number of ketones is 1. The van der Waals surface area contributed by atoms with Crippen LogP contribution in [0.1, 0.15) is 66.7 Å². The van der Waals surface area contributed by atoms with Gasteiger partial charge in [0.15, 0.2) is 0 Å². The molecule has 1 nitrogen and oxygen atoms in total. The molecule has 0 heterocycles. The van der Waals surface area contributed by atoms with Crippen molar-refractivity contribution in [1.29, 1.82) is 0 Å². The number of carbonyl (C=O) groups is 1. The molecule has 0 aliphatic heterocycles. The molecule has 0 aromatic rings. The van der Waals surface area contributed by atoms with Crippen LogP contribution in [-0.2, 0) is 4.79 Å². The molecule has 0 fully saturated rings. The molecule has 0 radical (unpaired) electrons. The highest BCUT2D eigenvalue weighted by Crippen LogP contribution is 2.27. The molecule has 1 aliphatic carbocycles.